The average Bonchev–Trinajstić information content (AvgIpc) is 2.74. The molecule has 0 saturated heterocycles. The number of anilines is 1. The van der Waals surface area contributed by atoms with E-state index in [4.69, 9.17) is 5.73 Å². The number of para-hydroxylation sites is 2. The van der Waals surface area contributed by atoms with Crippen LogP contribution in [0.3, 0.4) is 0 Å². The molecule has 0 saturated carbocycles. The van der Waals surface area contributed by atoms with E-state index in [-0.39, 0.29) is 17.4 Å². The Morgan fingerprint density at radius 3 is 2.67 bits per heavy atom. The maximum absolute atomic E-state index is 13.4. The van der Waals surface area contributed by atoms with Gasteiger partial charge in [0, 0.05) is 6.07 Å². The lowest BCUT2D eigenvalue weighted by molar-refractivity contribution is -0.0498. The van der Waals surface area contributed by atoms with Gasteiger partial charge in [-0.1, -0.05) is 12.1 Å². The van der Waals surface area contributed by atoms with Gasteiger partial charge in [0.1, 0.15) is 11.6 Å². The van der Waals surface area contributed by atoms with E-state index in [1.54, 1.807) is 18.2 Å². The highest BCUT2D eigenvalue weighted by Crippen LogP contribution is 2.30. The van der Waals surface area contributed by atoms with Crippen LogP contribution >= 0.6 is 0 Å². The molecule has 3 rings (SSSR count). The van der Waals surface area contributed by atoms with Gasteiger partial charge in [0.05, 0.1) is 16.7 Å². The third-order valence-electron chi connectivity index (χ3n) is 2.96. The molecule has 7 heteroatoms. The zero-order valence-electron chi connectivity index (χ0n) is 10.6. The quantitative estimate of drug-likeness (QED) is 0.805. The number of hydrogen-bond donors (Lipinski definition) is 1. The Balaban J connectivity index is 2.25. The lowest BCUT2D eigenvalue weighted by Gasteiger charge is -2.12. The molecule has 0 unspecified atom stereocenters. The number of nitrogens with two attached hydrogens (primary N) is 1. The van der Waals surface area contributed by atoms with E-state index >= 15 is 0 Å². The van der Waals surface area contributed by atoms with E-state index in [0.717, 1.165) is 0 Å². The van der Waals surface area contributed by atoms with Crippen molar-refractivity contribution in [3.63, 3.8) is 0 Å². The molecule has 21 heavy (non-hydrogen) atoms. The van der Waals surface area contributed by atoms with E-state index in [0.29, 0.717) is 11.0 Å². The molecule has 0 fully saturated rings. The molecule has 0 aliphatic rings. The number of aromatic nitrogens is 2. The smallest absolute Gasteiger partial charge is 0.387 e. The molecule has 0 aliphatic carbocycles. The molecule has 0 spiro atoms. The molecular formula is C14H10F3N3O. The molecular weight excluding hydrogens is 283 g/mol. The maximum atomic E-state index is 13.4. The van der Waals surface area contributed by atoms with Crippen molar-refractivity contribution in [2.75, 3.05) is 5.73 Å². The number of ether oxygens (including phenoxy) is 1. The van der Waals surface area contributed by atoms with Gasteiger partial charge in [-0.3, -0.25) is 4.57 Å². The van der Waals surface area contributed by atoms with Crippen molar-refractivity contribution in [1.29, 1.82) is 0 Å². The van der Waals surface area contributed by atoms with Gasteiger partial charge in [-0.25, -0.2) is 9.37 Å². The molecule has 2 N–H and O–H groups in total. The number of nitrogens with zero attached hydrogens (tertiary/aromatic N) is 2. The van der Waals surface area contributed by atoms with Gasteiger partial charge in [-0.05, 0) is 24.3 Å². The second kappa shape index (κ2) is 5.01. The Kier molecular flexibility index (Phi) is 3.17. The lowest BCUT2D eigenvalue weighted by atomic mass is 10.2. The highest BCUT2D eigenvalue weighted by Gasteiger charge is 2.16. The molecule has 0 amide bonds. The molecule has 1 aromatic heterocycles. The van der Waals surface area contributed by atoms with Crippen molar-refractivity contribution in [3.05, 3.63) is 48.3 Å². The van der Waals surface area contributed by atoms with Crippen LogP contribution in [-0.4, -0.2) is 16.2 Å². The van der Waals surface area contributed by atoms with Crippen LogP contribution in [0.1, 0.15) is 0 Å². The zero-order valence-corrected chi connectivity index (χ0v) is 10.6. The van der Waals surface area contributed by atoms with Crippen molar-refractivity contribution in [2.45, 2.75) is 6.61 Å². The maximum Gasteiger partial charge on any atom is 0.387 e. The fourth-order valence-corrected chi connectivity index (χ4v) is 2.16. The average molecular weight is 293 g/mol. The zero-order chi connectivity index (χ0) is 15.0. The molecule has 0 aliphatic heterocycles. The summed E-state index contributed by atoms with van der Waals surface area (Å²) < 4.78 is 44.2. The van der Waals surface area contributed by atoms with E-state index in [1.807, 2.05) is 0 Å². The monoisotopic (exact) mass is 293 g/mol. The lowest BCUT2D eigenvalue weighted by Crippen LogP contribution is -2.07. The first-order chi connectivity index (χ1) is 10.1. The van der Waals surface area contributed by atoms with E-state index < -0.39 is 12.4 Å². The molecule has 108 valence electrons. The first-order valence-electron chi connectivity index (χ1n) is 6.04. The van der Waals surface area contributed by atoms with Crippen molar-refractivity contribution in [1.82, 2.24) is 9.55 Å². The fourth-order valence-electron chi connectivity index (χ4n) is 2.16. The van der Waals surface area contributed by atoms with E-state index in [1.165, 1.54) is 28.8 Å². The highest BCUT2D eigenvalue weighted by molar-refractivity contribution is 5.81. The summed E-state index contributed by atoms with van der Waals surface area (Å²) >= 11 is 0. The van der Waals surface area contributed by atoms with Crippen LogP contribution in [0.4, 0.5) is 19.1 Å². The Morgan fingerprint density at radius 2 is 1.90 bits per heavy atom. The van der Waals surface area contributed by atoms with Crippen molar-refractivity contribution in [2.24, 2.45) is 0 Å². The van der Waals surface area contributed by atoms with Gasteiger partial charge in [-0.2, -0.15) is 8.78 Å². The molecule has 3 aromatic rings. The van der Waals surface area contributed by atoms with Crippen LogP contribution in [0.25, 0.3) is 16.7 Å². The predicted molar refractivity (Wildman–Crippen MR) is 72.1 cm³/mol. The Hall–Kier alpha value is -2.70. The second-order valence-corrected chi connectivity index (χ2v) is 4.28. The second-order valence-electron chi connectivity index (χ2n) is 4.28. The standard InChI is InChI=1S/C14H10F3N3O/c15-8-5-6-9-11(7-8)20(14(18)19-9)10-3-1-2-4-12(10)21-13(16)17/h1-7,13H,(H2,18,19). The number of rotatable bonds is 3. The summed E-state index contributed by atoms with van der Waals surface area (Å²) in [5.41, 5.74) is 6.92. The molecule has 0 atom stereocenters. The highest BCUT2D eigenvalue weighted by atomic mass is 19.3. The summed E-state index contributed by atoms with van der Waals surface area (Å²) in [6.07, 6.45) is 0. The molecule has 4 nitrogen and oxygen atoms in total. The summed E-state index contributed by atoms with van der Waals surface area (Å²) in [6.45, 7) is -2.97. The third-order valence-corrected chi connectivity index (χ3v) is 2.96. The van der Waals surface area contributed by atoms with Crippen LogP contribution in [0.5, 0.6) is 5.75 Å². The minimum atomic E-state index is -2.97. The molecule has 0 bridgehead atoms. The minimum absolute atomic E-state index is 0.0564. The first kappa shape index (κ1) is 13.3. The third kappa shape index (κ3) is 2.37. The van der Waals surface area contributed by atoms with Crippen LogP contribution in [0.15, 0.2) is 42.5 Å². The van der Waals surface area contributed by atoms with E-state index in [2.05, 4.69) is 9.72 Å². The summed E-state index contributed by atoms with van der Waals surface area (Å²) in [5.74, 6) is -0.486. The van der Waals surface area contributed by atoms with Crippen LogP contribution in [-0.2, 0) is 0 Å². The Morgan fingerprint density at radius 1 is 1.14 bits per heavy atom. The van der Waals surface area contributed by atoms with Gasteiger partial charge < -0.3 is 10.5 Å². The van der Waals surface area contributed by atoms with Gasteiger partial charge in [0.2, 0.25) is 5.95 Å². The Bertz CT molecular complexity index is 801. The summed E-state index contributed by atoms with van der Waals surface area (Å²) in [4.78, 5) is 4.08. The number of alkyl halides is 2. The minimum Gasteiger partial charge on any atom is -0.433 e. The number of halogens is 3. The number of imidazole rings is 1. The van der Waals surface area contributed by atoms with Crippen LogP contribution in [0.2, 0.25) is 0 Å². The SMILES string of the molecule is Nc1nc2ccc(F)cc2n1-c1ccccc1OC(F)F. The summed E-state index contributed by atoms with van der Waals surface area (Å²) in [7, 11) is 0. The number of hydrogen-bond acceptors (Lipinski definition) is 3. The largest absolute Gasteiger partial charge is 0.433 e. The van der Waals surface area contributed by atoms with E-state index in [9.17, 15) is 13.2 Å². The number of fused-ring (bicyclic) bond motifs is 1. The molecule has 1 heterocycles. The number of nitrogen functional groups attached to an aromatic ring is 1. The fraction of sp³-hybridized carbons (Fsp3) is 0.0714. The van der Waals surface area contributed by atoms with Crippen LogP contribution < -0.4 is 10.5 Å². The number of benzene rings is 2. The molecule has 2 aromatic carbocycles. The Labute approximate surface area is 117 Å². The van der Waals surface area contributed by atoms with Crippen molar-refractivity contribution < 1.29 is 17.9 Å². The summed E-state index contributed by atoms with van der Waals surface area (Å²) in [5, 5.41) is 0. The van der Waals surface area contributed by atoms with Gasteiger partial charge in [0.15, 0.2) is 0 Å². The van der Waals surface area contributed by atoms with Gasteiger partial charge in [-0.15, -0.1) is 0 Å². The van der Waals surface area contributed by atoms with Crippen molar-refractivity contribution >= 4 is 17.0 Å². The summed E-state index contributed by atoms with van der Waals surface area (Å²) in [6, 6.07) is 10.1. The first-order valence-corrected chi connectivity index (χ1v) is 6.04. The van der Waals surface area contributed by atoms with Crippen molar-refractivity contribution in [3.8, 4) is 11.4 Å². The normalized spacial score (nSPS) is 11.2. The van der Waals surface area contributed by atoms with Gasteiger partial charge in [0.25, 0.3) is 0 Å². The van der Waals surface area contributed by atoms with Gasteiger partial charge >= 0.3 is 6.61 Å². The van der Waals surface area contributed by atoms with Crippen LogP contribution in [0, 0.1) is 5.82 Å². The topological polar surface area (TPSA) is 53.1 Å². The predicted octanol–water partition coefficient (Wildman–Crippen LogP) is 3.35. The molecule has 0 radical (unpaired) electrons.